The number of anilines is 1. The molecule has 7 heteroatoms. The topological polar surface area (TPSA) is 94.1 Å². The lowest BCUT2D eigenvalue weighted by Gasteiger charge is -2.24. The van der Waals surface area contributed by atoms with Gasteiger partial charge in [-0.15, -0.1) is 0 Å². The van der Waals surface area contributed by atoms with Gasteiger partial charge in [0.25, 0.3) is 0 Å². The van der Waals surface area contributed by atoms with Crippen LogP contribution in [0.5, 0.6) is 11.5 Å². The number of aryl methyl sites for hydroxylation is 1. The highest BCUT2D eigenvalue weighted by molar-refractivity contribution is 6.03. The highest BCUT2D eigenvalue weighted by Gasteiger charge is 2.34. The summed E-state index contributed by atoms with van der Waals surface area (Å²) in [7, 11) is 3.07. The third-order valence-corrected chi connectivity index (χ3v) is 4.24. The molecule has 0 aromatic heterocycles. The fourth-order valence-electron chi connectivity index (χ4n) is 2.67. The van der Waals surface area contributed by atoms with Gasteiger partial charge in [-0.05, 0) is 61.9 Å². The number of hydrogen-bond donors (Lipinski definition) is 2. The third kappa shape index (κ3) is 5.01. The van der Waals surface area contributed by atoms with Crippen LogP contribution in [0.3, 0.4) is 0 Å². The summed E-state index contributed by atoms with van der Waals surface area (Å²) >= 11 is 0. The lowest BCUT2D eigenvalue weighted by molar-refractivity contribution is -0.145. The molecule has 2 aromatic carbocycles. The van der Waals surface area contributed by atoms with Crippen LogP contribution in [0.1, 0.15) is 22.8 Å². The van der Waals surface area contributed by atoms with Crippen molar-refractivity contribution in [3.8, 4) is 11.5 Å². The molecule has 0 saturated heterocycles. The maximum absolute atomic E-state index is 12.7. The van der Waals surface area contributed by atoms with Gasteiger partial charge in [0.2, 0.25) is 0 Å². The highest BCUT2D eigenvalue weighted by Crippen LogP contribution is 2.23. The Morgan fingerprint density at radius 2 is 1.64 bits per heavy atom. The van der Waals surface area contributed by atoms with Gasteiger partial charge in [0, 0.05) is 11.3 Å². The SMILES string of the molecule is CCOC(=O)[C@H](Nc1ccc(OC)cc1C)[C@@H](O)C(=O)c1ccc(OC)cc1. The molecule has 0 fully saturated rings. The standard InChI is InChI=1S/C21H25NO6/c1-5-28-21(25)18(22-17-11-10-16(27-4)12-13(17)2)20(24)19(23)14-6-8-15(26-3)9-7-14/h6-12,18,20,22,24H,5H2,1-4H3/t18-,20-/m1/s1. The van der Waals surface area contributed by atoms with Crippen LogP contribution in [-0.4, -0.2) is 49.8 Å². The van der Waals surface area contributed by atoms with Gasteiger partial charge in [0.15, 0.2) is 11.8 Å². The molecule has 0 aliphatic heterocycles. The normalized spacial score (nSPS) is 12.6. The molecule has 0 spiro atoms. The van der Waals surface area contributed by atoms with E-state index in [0.29, 0.717) is 17.2 Å². The quantitative estimate of drug-likeness (QED) is 0.504. The van der Waals surface area contributed by atoms with Crippen LogP contribution in [0.2, 0.25) is 0 Å². The number of ketones is 1. The van der Waals surface area contributed by atoms with E-state index in [1.807, 2.05) is 6.92 Å². The number of aliphatic hydroxyl groups is 1. The molecule has 0 radical (unpaired) electrons. The molecule has 0 amide bonds. The van der Waals surface area contributed by atoms with Gasteiger partial charge in [-0.2, -0.15) is 0 Å². The monoisotopic (exact) mass is 387 g/mol. The molecule has 7 nitrogen and oxygen atoms in total. The number of nitrogens with one attached hydrogen (secondary N) is 1. The Hall–Kier alpha value is -3.06. The minimum absolute atomic E-state index is 0.127. The Labute approximate surface area is 164 Å². The van der Waals surface area contributed by atoms with Gasteiger partial charge in [-0.25, -0.2) is 4.79 Å². The number of carbonyl (C=O) groups is 2. The zero-order valence-electron chi connectivity index (χ0n) is 16.4. The van der Waals surface area contributed by atoms with Crippen molar-refractivity contribution in [1.82, 2.24) is 0 Å². The summed E-state index contributed by atoms with van der Waals surface area (Å²) in [4.78, 5) is 25.1. The lowest BCUT2D eigenvalue weighted by atomic mass is 9.99. The number of benzene rings is 2. The van der Waals surface area contributed by atoms with Gasteiger partial charge in [0.1, 0.15) is 17.6 Å². The molecule has 2 atom stereocenters. The minimum Gasteiger partial charge on any atom is -0.497 e. The van der Waals surface area contributed by atoms with E-state index in [-0.39, 0.29) is 12.2 Å². The Kier molecular flexibility index (Phi) is 7.40. The fourth-order valence-corrected chi connectivity index (χ4v) is 2.67. The molecule has 2 N–H and O–H groups in total. The number of rotatable bonds is 9. The summed E-state index contributed by atoms with van der Waals surface area (Å²) in [6.07, 6.45) is -1.63. The maximum atomic E-state index is 12.7. The maximum Gasteiger partial charge on any atom is 0.331 e. The second-order valence-corrected chi connectivity index (χ2v) is 6.09. The van der Waals surface area contributed by atoms with Crippen LogP contribution in [0, 0.1) is 6.92 Å². The molecule has 0 aliphatic carbocycles. The van der Waals surface area contributed by atoms with E-state index >= 15 is 0 Å². The molecule has 28 heavy (non-hydrogen) atoms. The summed E-state index contributed by atoms with van der Waals surface area (Å²) in [6, 6.07) is 10.2. The number of carbonyl (C=O) groups excluding carboxylic acids is 2. The Morgan fingerprint density at radius 3 is 2.18 bits per heavy atom. The van der Waals surface area contributed by atoms with Crippen molar-refractivity contribution < 1.29 is 28.9 Å². The summed E-state index contributed by atoms with van der Waals surface area (Å²) in [5, 5.41) is 13.6. The highest BCUT2D eigenvalue weighted by atomic mass is 16.5. The fraction of sp³-hybridized carbons (Fsp3) is 0.333. The predicted octanol–water partition coefficient (Wildman–Crippen LogP) is 2.60. The minimum atomic E-state index is -1.63. The smallest absolute Gasteiger partial charge is 0.331 e. The van der Waals surface area contributed by atoms with Gasteiger partial charge < -0.3 is 24.6 Å². The second kappa shape index (κ2) is 9.75. The number of hydrogen-bond acceptors (Lipinski definition) is 7. The molecular formula is C21H25NO6. The summed E-state index contributed by atoms with van der Waals surface area (Å²) in [5.41, 5.74) is 1.63. The first-order valence-corrected chi connectivity index (χ1v) is 8.85. The Balaban J connectivity index is 2.28. The van der Waals surface area contributed by atoms with Crippen LogP contribution in [0.25, 0.3) is 0 Å². The van der Waals surface area contributed by atoms with Gasteiger partial charge in [-0.3, -0.25) is 4.79 Å². The van der Waals surface area contributed by atoms with Crippen molar-refractivity contribution in [2.24, 2.45) is 0 Å². The van der Waals surface area contributed by atoms with Crippen molar-refractivity contribution >= 4 is 17.4 Å². The first-order chi connectivity index (χ1) is 13.4. The van der Waals surface area contributed by atoms with E-state index in [1.54, 1.807) is 44.4 Å². The average molecular weight is 387 g/mol. The first kappa shape index (κ1) is 21.2. The number of aliphatic hydroxyl groups excluding tert-OH is 1. The van der Waals surface area contributed by atoms with Crippen molar-refractivity contribution in [1.29, 1.82) is 0 Å². The van der Waals surface area contributed by atoms with Crippen molar-refractivity contribution in [3.05, 3.63) is 53.6 Å². The zero-order chi connectivity index (χ0) is 20.7. The van der Waals surface area contributed by atoms with E-state index < -0.39 is 23.9 Å². The summed E-state index contributed by atoms with van der Waals surface area (Å²) in [5.74, 6) is -0.0722. The lowest BCUT2D eigenvalue weighted by Crippen LogP contribution is -2.46. The van der Waals surface area contributed by atoms with Gasteiger partial charge in [0.05, 0.1) is 20.8 Å². The predicted molar refractivity (Wildman–Crippen MR) is 105 cm³/mol. The van der Waals surface area contributed by atoms with E-state index in [9.17, 15) is 14.7 Å². The third-order valence-electron chi connectivity index (χ3n) is 4.24. The van der Waals surface area contributed by atoms with E-state index in [2.05, 4.69) is 5.32 Å². The average Bonchev–Trinajstić information content (AvgIpc) is 2.72. The molecule has 150 valence electrons. The van der Waals surface area contributed by atoms with Crippen molar-refractivity contribution in [2.45, 2.75) is 26.0 Å². The van der Waals surface area contributed by atoms with Gasteiger partial charge in [-0.1, -0.05) is 0 Å². The number of ether oxygens (including phenoxy) is 3. The van der Waals surface area contributed by atoms with Crippen molar-refractivity contribution in [3.63, 3.8) is 0 Å². The van der Waals surface area contributed by atoms with Crippen LogP contribution in [-0.2, 0) is 9.53 Å². The van der Waals surface area contributed by atoms with Crippen LogP contribution in [0.4, 0.5) is 5.69 Å². The molecule has 2 rings (SSSR count). The van der Waals surface area contributed by atoms with Crippen molar-refractivity contribution in [2.75, 3.05) is 26.1 Å². The zero-order valence-corrected chi connectivity index (χ0v) is 16.4. The van der Waals surface area contributed by atoms with E-state index in [0.717, 1.165) is 5.56 Å². The van der Waals surface area contributed by atoms with Crippen LogP contribution in [0.15, 0.2) is 42.5 Å². The van der Waals surface area contributed by atoms with Crippen LogP contribution < -0.4 is 14.8 Å². The molecule has 0 heterocycles. The number of methoxy groups -OCH3 is 2. The van der Waals surface area contributed by atoms with E-state index in [1.165, 1.54) is 19.2 Å². The Bertz CT molecular complexity index is 818. The van der Waals surface area contributed by atoms with E-state index in [4.69, 9.17) is 14.2 Å². The molecule has 0 saturated carbocycles. The second-order valence-electron chi connectivity index (χ2n) is 6.09. The molecular weight excluding hydrogens is 362 g/mol. The van der Waals surface area contributed by atoms with Crippen LogP contribution >= 0.6 is 0 Å². The molecule has 0 unspecified atom stereocenters. The Morgan fingerprint density at radius 1 is 1.04 bits per heavy atom. The summed E-state index contributed by atoms with van der Waals surface area (Å²) < 4.78 is 15.3. The summed E-state index contributed by atoms with van der Waals surface area (Å²) in [6.45, 7) is 3.61. The largest absolute Gasteiger partial charge is 0.497 e. The van der Waals surface area contributed by atoms with Gasteiger partial charge >= 0.3 is 5.97 Å². The molecule has 0 bridgehead atoms. The number of Topliss-reactive ketones (excluding diaryl/α,β-unsaturated/α-hetero) is 1. The molecule has 0 aliphatic rings. The number of esters is 1. The first-order valence-electron chi connectivity index (χ1n) is 8.85. The molecule has 2 aromatic rings.